The Labute approximate surface area is 94.9 Å². The van der Waals surface area contributed by atoms with Crippen LogP contribution in [0, 0.1) is 0 Å². The molecule has 2 rings (SSSR count). The van der Waals surface area contributed by atoms with E-state index in [1.165, 1.54) is 0 Å². The van der Waals surface area contributed by atoms with Crippen molar-refractivity contribution in [2.24, 2.45) is 4.99 Å². The number of dihydropyridines is 1. The first-order valence-electron chi connectivity index (χ1n) is 5.36. The van der Waals surface area contributed by atoms with Crippen LogP contribution in [0.25, 0.3) is 0 Å². The number of benzene rings is 1. The third kappa shape index (κ3) is 2.79. The molecule has 1 amide bonds. The van der Waals surface area contributed by atoms with Gasteiger partial charge in [0.25, 0.3) is 0 Å². The molecule has 0 unspecified atom stereocenters. The SMILES string of the molecule is O=C(NCc1ccccc1)C1=CCN=CC1. The van der Waals surface area contributed by atoms with Crippen molar-refractivity contribution in [1.82, 2.24) is 5.32 Å². The van der Waals surface area contributed by atoms with Crippen LogP contribution < -0.4 is 5.32 Å². The van der Waals surface area contributed by atoms with Gasteiger partial charge in [0.05, 0.1) is 6.54 Å². The van der Waals surface area contributed by atoms with Gasteiger partial charge in [-0.05, 0) is 5.56 Å². The molecular formula is C13H14N2O. The topological polar surface area (TPSA) is 41.5 Å². The fraction of sp³-hybridized carbons (Fsp3) is 0.231. The molecule has 1 aromatic carbocycles. The summed E-state index contributed by atoms with van der Waals surface area (Å²) < 4.78 is 0. The Hall–Kier alpha value is -1.90. The van der Waals surface area contributed by atoms with E-state index in [0.29, 0.717) is 19.5 Å². The van der Waals surface area contributed by atoms with Gasteiger partial charge in [-0.25, -0.2) is 0 Å². The Kier molecular flexibility index (Phi) is 3.49. The molecule has 3 nitrogen and oxygen atoms in total. The molecule has 0 aromatic heterocycles. The Balaban J connectivity index is 1.87. The summed E-state index contributed by atoms with van der Waals surface area (Å²) in [5, 5.41) is 2.90. The minimum atomic E-state index is 0.00926. The maximum atomic E-state index is 11.7. The normalized spacial score (nSPS) is 14.4. The van der Waals surface area contributed by atoms with E-state index in [1.54, 1.807) is 6.21 Å². The summed E-state index contributed by atoms with van der Waals surface area (Å²) in [6.07, 6.45) is 4.30. The lowest BCUT2D eigenvalue weighted by atomic mass is 10.1. The molecule has 0 saturated heterocycles. The van der Waals surface area contributed by atoms with Crippen LogP contribution in [0.15, 0.2) is 47.0 Å². The number of hydrogen-bond donors (Lipinski definition) is 1. The van der Waals surface area contributed by atoms with Gasteiger partial charge < -0.3 is 5.32 Å². The second-order valence-electron chi connectivity index (χ2n) is 3.65. The van der Waals surface area contributed by atoms with E-state index in [4.69, 9.17) is 0 Å². The van der Waals surface area contributed by atoms with Crippen LogP contribution in [0.1, 0.15) is 12.0 Å². The van der Waals surface area contributed by atoms with Gasteiger partial charge >= 0.3 is 0 Å². The van der Waals surface area contributed by atoms with Crippen LogP contribution in [0.3, 0.4) is 0 Å². The van der Waals surface area contributed by atoms with Crippen molar-refractivity contribution in [3.63, 3.8) is 0 Å². The number of aliphatic imine (C=N–C) groups is 1. The van der Waals surface area contributed by atoms with Gasteiger partial charge in [-0.1, -0.05) is 36.4 Å². The predicted molar refractivity (Wildman–Crippen MR) is 64.3 cm³/mol. The molecule has 0 atom stereocenters. The van der Waals surface area contributed by atoms with Gasteiger partial charge in [-0.15, -0.1) is 0 Å². The highest BCUT2D eigenvalue weighted by molar-refractivity contribution is 5.96. The van der Waals surface area contributed by atoms with E-state index in [0.717, 1.165) is 11.1 Å². The fourth-order valence-corrected chi connectivity index (χ4v) is 1.56. The summed E-state index contributed by atoms with van der Waals surface area (Å²) in [5.41, 5.74) is 1.92. The molecule has 3 heteroatoms. The van der Waals surface area contributed by atoms with Gasteiger partial charge in [-0.2, -0.15) is 0 Å². The third-order valence-corrected chi connectivity index (χ3v) is 2.47. The predicted octanol–water partition coefficient (Wildman–Crippen LogP) is 1.70. The van der Waals surface area contributed by atoms with Crippen molar-refractivity contribution in [1.29, 1.82) is 0 Å². The lowest BCUT2D eigenvalue weighted by Gasteiger charge is -2.09. The van der Waals surface area contributed by atoms with Crippen LogP contribution >= 0.6 is 0 Å². The smallest absolute Gasteiger partial charge is 0.247 e. The van der Waals surface area contributed by atoms with Crippen molar-refractivity contribution in [3.8, 4) is 0 Å². The first-order chi connectivity index (χ1) is 7.86. The molecule has 0 fully saturated rings. The Morgan fingerprint density at radius 1 is 1.31 bits per heavy atom. The Bertz CT molecular complexity index is 421. The maximum Gasteiger partial charge on any atom is 0.247 e. The van der Waals surface area contributed by atoms with Gasteiger partial charge in [0.15, 0.2) is 0 Å². The summed E-state index contributed by atoms with van der Waals surface area (Å²) in [5.74, 6) is 0.00926. The highest BCUT2D eigenvalue weighted by Gasteiger charge is 2.09. The second-order valence-corrected chi connectivity index (χ2v) is 3.65. The zero-order valence-electron chi connectivity index (χ0n) is 9.02. The number of hydrogen-bond acceptors (Lipinski definition) is 2. The standard InChI is InChI=1S/C13H14N2O/c16-13(12-6-8-14-9-7-12)15-10-11-4-2-1-3-5-11/h1-6,9H,7-8,10H2,(H,15,16). The van der Waals surface area contributed by atoms with E-state index >= 15 is 0 Å². The van der Waals surface area contributed by atoms with Gasteiger partial charge in [0.2, 0.25) is 5.91 Å². The molecule has 0 saturated carbocycles. The summed E-state index contributed by atoms with van der Waals surface area (Å²) >= 11 is 0. The van der Waals surface area contributed by atoms with Crippen LogP contribution in [-0.2, 0) is 11.3 Å². The zero-order valence-corrected chi connectivity index (χ0v) is 9.02. The average molecular weight is 214 g/mol. The second kappa shape index (κ2) is 5.26. The number of rotatable bonds is 3. The quantitative estimate of drug-likeness (QED) is 0.817. The number of carbonyl (C=O) groups is 1. The molecule has 0 aliphatic carbocycles. The van der Waals surface area contributed by atoms with Crippen molar-refractivity contribution in [2.75, 3.05) is 6.54 Å². The average Bonchev–Trinajstić information content (AvgIpc) is 2.38. The summed E-state index contributed by atoms with van der Waals surface area (Å²) in [4.78, 5) is 15.8. The van der Waals surface area contributed by atoms with E-state index in [9.17, 15) is 4.79 Å². The Morgan fingerprint density at radius 2 is 2.12 bits per heavy atom. The molecule has 1 aromatic rings. The van der Waals surface area contributed by atoms with Crippen LogP contribution in [0.4, 0.5) is 0 Å². The van der Waals surface area contributed by atoms with Crippen LogP contribution in [0.2, 0.25) is 0 Å². The van der Waals surface area contributed by atoms with Crippen molar-refractivity contribution < 1.29 is 4.79 Å². The van der Waals surface area contributed by atoms with Gasteiger partial charge in [-0.3, -0.25) is 9.79 Å². The largest absolute Gasteiger partial charge is 0.348 e. The molecule has 0 spiro atoms. The molecule has 1 aliphatic heterocycles. The van der Waals surface area contributed by atoms with Crippen molar-refractivity contribution in [3.05, 3.63) is 47.5 Å². The number of nitrogens with zero attached hydrogens (tertiary/aromatic N) is 1. The van der Waals surface area contributed by atoms with E-state index in [-0.39, 0.29) is 5.91 Å². The minimum absolute atomic E-state index is 0.00926. The summed E-state index contributed by atoms with van der Waals surface area (Å²) in [6.45, 7) is 1.20. The van der Waals surface area contributed by atoms with Crippen LogP contribution in [0.5, 0.6) is 0 Å². The van der Waals surface area contributed by atoms with Crippen LogP contribution in [-0.4, -0.2) is 18.7 Å². The zero-order chi connectivity index (χ0) is 11.2. The molecule has 82 valence electrons. The lowest BCUT2D eigenvalue weighted by molar-refractivity contribution is -0.117. The number of nitrogens with one attached hydrogen (secondary N) is 1. The first kappa shape index (κ1) is 10.6. The highest BCUT2D eigenvalue weighted by Crippen LogP contribution is 2.05. The molecule has 0 bridgehead atoms. The highest BCUT2D eigenvalue weighted by atomic mass is 16.1. The summed E-state index contributed by atoms with van der Waals surface area (Å²) in [7, 11) is 0. The third-order valence-electron chi connectivity index (χ3n) is 2.47. The lowest BCUT2D eigenvalue weighted by Crippen LogP contribution is -2.25. The van der Waals surface area contributed by atoms with E-state index < -0.39 is 0 Å². The van der Waals surface area contributed by atoms with Gasteiger partial charge in [0, 0.05) is 24.8 Å². The molecule has 1 heterocycles. The minimum Gasteiger partial charge on any atom is -0.348 e. The first-order valence-corrected chi connectivity index (χ1v) is 5.36. The Morgan fingerprint density at radius 3 is 2.81 bits per heavy atom. The molecule has 16 heavy (non-hydrogen) atoms. The molecule has 0 radical (unpaired) electrons. The molecule has 1 N–H and O–H groups in total. The number of carbonyl (C=O) groups excluding carboxylic acids is 1. The van der Waals surface area contributed by atoms with Gasteiger partial charge in [0.1, 0.15) is 0 Å². The van der Waals surface area contributed by atoms with Crippen molar-refractivity contribution >= 4 is 12.1 Å². The monoisotopic (exact) mass is 214 g/mol. The fourth-order valence-electron chi connectivity index (χ4n) is 1.56. The molecular weight excluding hydrogens is 200 g/mol. The molecule has 1 aliphatic rings. The number of amides is 1. The van der Waals surface area contributed by atoms with E-state index in [2.05, 4.69) is 10.3 Å². The van der Waals surface area contributed by atoms with E-state index in [1.807, 2.05) is 36.4 Å². The maximum absolute atomic E-state index is 11.7. The summed E-state index contributed by atoms with van der Waals surface area (Å²) in [6, 6.07) is 9.89. The van der Waals surface area contributed by atoms with Crippen molar-refractivity contribution in [2.45, 2.75) is 13.0 Å².